The summed E-state index contributed by atoms with van der Waals surface area (Å²) in [5.41, 5.74) is 3.83. The third kappa shape index (κ3) is 5.55. The summed E-state index contributed by atoms with van der Waals surface area (Å²) in [5, 5.41) is 4.24. The van der Waals surface area contributed by atoms with Crippen LogP contribution < -0.4 is 10.2 Å². The van der Waals surface area contributed by atoms with Gasteiger partial charge in [0.05, 0.1) is 5.54 Å². The molecule has 185 valence electrons. The monoisotopic (exact) mass is 468 g/mol. The van der Waals surface area contributed by atoms with E-state index in [1.807, 2.05) is 0 Å². The second-order valence-electron chi connectivity index (χ2n) is 12.2. The first-order chi connectivity index (χ1) is 16.6. The molecule has 2 nitrogen and oxygen atoms in total. The minimum absolute atomic E-state index is 0.158. The van der Waals surface area contributed by atoms with Crippen molar-refractivity contribution in [2.75, 3.05) is 0 Å². The molecule has 3 aromatic carbocycles. The van der Waals surface area contributed by atoms with Gasteiger partial charge in [-0.05, 0) is 71.1 Å². The minimum atomic E-state index is -0.380. The molecule has 0 spiro atoms. The maximum Gasteiger partial charge on any atom is 0.135 e. The third-order valence-corrected chi connectivity index (χ3v) is 7.55. The Balaban J connectivity index is 1.69. The highest BCUT2D eigenvalue weighted by Crippen LogP contribution is 2.39. The largest absolute Gasteiger partial charge is 0.297 e. The molecule has 0 atom stereocenters. The fourth-order valence-electron chi connectivity index (χ4n) is 6.70. The van der Waals surface area contributed by atoms with Crippen molar-refractivity contribution in [2.45, 2.75) is 95.9 Å². The first kappa shape index (κ1) is 25.7. The number of hydrogen-bond donors (Lipinski definition) is 1. The van der Waals surface area contributed by atoms with Crippen LogP contribution in [0.25, 0.3) is 0 Å². The van der Waals surface area contributed by atoms with E-state index in [2.05, 4.69) is 143 Å². The molecule has 0 saturated heterocycles. The lowest BCUT2D eigenvalue weighted by Gasteiger charge is -2.45. The summed E-state index contributed by atoms with van der Waals surface area (Å²) in [7, 11) is 0. The fourth-order valence-corrected chi connectivity index (χ4v) is 6.70. The number of nitrogens with one attached hydrogen (secondary N) is 1. The van der Waals surface area contributed by atoms with Crippen LogP contribution in [0.2, 0.25) is 0 Å². The van der Waals surface area contributed by atoms with Crippen LogP contribution in [-0.4, -0.2) is 23.2 Å². The lowest BCUT2D eigenvalue weighted by Crippen LogP contribution is -2.63. The second-order valence-corrected chi connectivity index (χ2v) is 12.2. The molecule has 1 saturated carbocycles. The first-order valence-corrected chi connectivity index (χ1v) is 13.4. The van der Waals surface area contributed by atoms with Gasteiger partial charge in [0.15, 0.2) is 0 Å². The van der Waals surface area contributed by atoms with Crippen molar-refractivity contribution in [3.05, 3.63) is 108 Å². The van der Waals surface area contributed by atoms with Crippen LogP contribution in [0, 0.1) is 0 Å². The molecule has 3 aromatic rings. The van der Waals surface area contributed by atoms with E-state index in [9.17, 15) is 0 Å². The summed E-state index contributed by atoms with van der Waals surface area (Å²) >= 11 is 0. The molecule has 35 heavy (non-hydrogen) atoms. The lowest BCUT2D eigenvalue weighted by atomic mass is 9.75. The van der Waals surface area contributed by atoms with Crippen LogP contribution in [-0.2, 0) is 5.54 Å². The Morgan fingerprint density at radius 1 is 0.543 bits per heavy atom. The third-order valence-electron chi connectivity index (χ3n) is 7.55. The highest BCUT2D eigenvalue weighted by Gasteiger charge is 2.48. The fraction of sp³-hybridized carbons (Fsp3) is 0.455. The molecule has 0 unspecified atom stereocenters. The highest BCUT2D eigenvalue weighted by atomic mass is 15.3. The van der Waals surface area contributed by atoms with Crippen LogP contribution in [0.15, 0.2) is 91.0 Å². The standard InChI is InChI=1S/C33H44N2/c1-31(2,3)35(32(4,5)6)30-24-22-29(23-25-30)34-33(26-16-10-7-11-17-26,27-18-12-8-13-19-27)28-20-14-9-15-21-28/h7-21,29-30,34H,22-25H2,1-6H3/q+1/t29-,30-. The van der Waals surface area contributed by atoms with Crippen molar-refractivity contribution >= 4 is 0 Å². The van der Waals surface area contributed by atoms with E-state index >= 15 is 0 Å². The average Bonchev–Trinajstić information content (AvgIpc) is 2.83. The number of nitrogens with zero attached hydrogens (tertiary/aromatic N) is 1. The van der Waals surface area contributed by atoms with E-state index in [1.165, 1.54) is 42.4 Å². The van der Waals surface area contributed by atoms with Crippen LogP contribution in [0.1, 0.15) is 83.9 Å². The summed E-state index contributed by atoms with van der Waals surface area (Å²) in [6.45, 7) is 14.2. The van der Waals surface area contributed by atoms with E-state index in [0.29, 0.717) is 12.1 Å². The predicted octanol–water partition coefficient (Wildman–Crippen LogP) is 7.62. The molecule has 1 aliphatic carbocycles. The van der Waals surface area contributed by atoms with Crippen LogP contribution in [0.5, 0.6) is 0 Å². The van der Waals surface area contributed by atoms with Gasteiger partial charge in [-0.3, -0.25) is 5.32 Å². The molecule has 0 amide bonds. The minimum Gasteiger partial charge on any atom is -0.297 e. The van der Waals surface area contributed by atoms with E-state index in [4.69, 9.17) is 0 Å². The lowest BCUT2D eigenvalue weighted by molar-refractivity contribution is 0.0711. The van der Waals surface area contributed by atoms with Gasteiger partial charge in [0.1, 0.15) is 17.1 Å². The van der Waals surface area contributed by atoms with Gasteiger partial charge in [0.2, 0.25) is 0 Å². The van der Waals surface area contributed by atoms with Crippen molar-refractivity contribution in [1.82, 2.24) is 10.2 Å². The van der Waals surface area contributed by atoms with Gasteiger partial charge in [-0.2, -0.15) is 4.90 Å². The topological polar surface area (TPSA) is 17.9 Å². The number of hydrogen-bond acceptors (Lipinski definition) is 2. The molecular weight excluding hydrogens is 424 g/mol. The summed E-state index contributed by atoms with van der Waals surface area (Å²) in [4.78, 5) is 2.76. The SMILES string of the molecule is CC(C)(C)[N+]([C@H]1CC[C@H](NC(c2ccccc2)(c2ccccc2)c2ccccc2)CC1)C(C)(C)C. The normalized spacial score (nSPS) is 19.6. The Labute approximate surface area is 213 Å². The molecule has 1 fully saturated rings. The van der Waals surface area contributed by atoms with E-state index < -0.39 is 0 Å². The van der Waals surface area contributed by atoms with Gasteiger partial charge in [-0.15, -0.1) is 0 Å². The molecular formula is C33H44N2+. The van der Waals surface area contributed by atoms with E-state index in [1.54, 1.807) is 0 Å². The van der Waals surface area contributed by atoms with Crippen LogP contribution in [0.3, 0.4) is 0 Å². The van der Waals surface area contributed by atoms with Crippen molar-refractivity contribution < 1.29 is 0 Å². The Morgan fingerprint density at radius 2 is 0.886 bits per heavy atom. The molecule has 0 heterocycles. The Kier molecular flexibility index (Phi) is 7.54. The highest BCUT2D eigenvalue weighted by molar-refractivity contribution is 5.49. The molecule has 2 heteroatoms. The molecule has 0 bridgehead atoms. The summed E-state index contributed by atoms with van der Waals surface area (Å²) in [6.07, 6.45) is 4.81. The Bertz CT molecular complexity index is 926. The smallest absolute Gasteiger partial charge is 0.135 e. The zero-order valence-electron chi connectivity index (χ0n) is 22.6. The maximum absolute atomic E-state index is 4.24. The average molecular weight is 469 g/mol. The summed E-state index contributed by atoms with van der Waals surface area (Å²) in [5.74, 6) is 0. The number of benzene rings is 3. The maximum atomic E-state index is 4.24. The number of rotatable bonds is 6. The van der Waals surface area contributed by atoms with Crippen molar-refractivity contribution in [3.8, 4) is 0 Å². The summed E-state index contributed by atoms with van der Waals surface area (Å²) in [6, 6.07) is 34.1. The molecule has 0 aromatic heterocycles. The second kappa shape index (κ2) is 10.3. The molecule has 4 rings (SSSR count). The van der Waals surface area contributed by atoms with E-state index in [0.717, 1.165) is 0 Å². The van der Waals surface area contributed by atoms with Crippen LogP contribution >= 0.6 is 0 Å². The van der Waals surface area contributed by atoms with Gasteiger partial charge in [0.25, 0.3) is 0 Å². The van der Waals surface area contributed by atoms with Crippen molar-refractivity contribution in [3.63, 3.8) is 0 Å². The van der Waals surface area contributed by atoms with Gasteiger partial charge in [0, 0.05) is 18.9 Å². The zero-order chi connectivity index (χ0) is 25.1. The van der Waals surface area contributed by atoms with Gasteiger partial charge < -0.3 is 0 Å². The molecule has 0 aliphatic heterocycles. The van der Waals surface area contributed by atoms with Crippen molar-refractivity contribution in [2.24, 2.45) is 0 Å². The molecule has 1 N–H and O–H groups in total. The van der Waals surface area contributed by atoms with Crippen LogP contribution in [0.4, 0.5) is 0 Å². The molecule has 1 aliphatic rings. The van der Waals surface area contributed by atoms with E-state index in [-0.39, 0.29) is 16.6 Å². The van der Waals surface area contributed by atoms with Gasteiger partial charge >= 0.3 is 0 Å². The Morgan fingerprint density at radius 3 is 1.20 bits per heavy atom. The zero-order valence-corrected chi connectivity index (χ0v) is 22.6. The quantitative estimate of drug-likeness (QED) is 0.291. The van der Waals surface area contributed by atoms with Gasteiger partial charge in [-0.1, -0.05) is 91.0 Å². The predicted molar refractivity (Wildman–Crippen MR) is 150 cm³/mol. The first-order valence-electron chi connectivity index (χ1n) is 13.4. The van der Waals surface area contributed by atoms with Crippen molar-refractivity contribution in [1.29, 1.82) is 0 Å². The summed E-state index contributed by atoms with van der Waals surface area (Å²) < 4.78 is 0. The Hall–Kier alpha value is -2.42. The van der Waals surface area contributed by atoms with Gasteiger partial charge in [-0.25, -0.2) is 0 Å². The molecule has 1 radical (unpaired) electrons.